The lowest BCUT2D eigenvalue weighted by Gasteiger charge is -2.07. The van der Waals surface area contributed by atoms with E-state index in [1.807, 2.05) is 25.1 Å². The van der Waals surface area contributed by atoms with Crippen molar-refractivity contribution >= 4 is 32.7 Å². The van der Waals surface area contributed by atoms with E-state index in [1.54, 1.807) is 6.26 Å². The fourth-order valence-electron chi connectivity index (χ4n) is 3.21. The van der Waals surface area contributed by atoms with Gasteiger partial charge >= 0.3 is 5.63 Å². The van der Waals surface area contributed by atoms with Gasteiger partial charge in [-0.25, -0.2) is 4.79 Å². The molecule has 0 spiro atoms. The van der Waals surface area contributed by atoms with E-state index in [0.29, 0.717) is 16.6 Å². The van der Waals surface area contributed by atoms with Gasteiger partial charge in [0.1, 0.15) is 11.0 Å². The van der Waals surface area contributed by atoms with Crippen molar-refractivity contribution in [3.8, 4) is 0 Å². The zero-order valence-electron chi connectivity index (χ0n) is 12.6. The quantitative estimate of drug-likeness (QED) is 0.393. The summed E-state index contributed by atoms with van der Waals surface area (Å²) in [4.78, 5) is 12.4. The molecule has 0 aliphatic carbocycles. The Morgan fingerprint density at radius 2 is 1.64 bits per heavy atom. The zero-order chi connectivity index (χ0) is 15.3. The number of aryl methyl sites for hydroxylation is 2. The number of fused-ring (bicyclic) bond motifs is 5. The number of furan rings is 1. The van der Waals surface area contributed by atoms with Crippen LogP contribution in [0.15, 0.2) is 50.2 Å². The molecule has 4 aromatic rings. The van der Waals surface area contributed by atoms with Crippen molar-refractivity contribution in [3.05, 3.63) is 58.1 Å². The fraction of sp³-hybridized carbons (Fsp3) is 0.211. The summed E-state index contributed by atoms with van der Waals surface area (Å²) in [6, 6.07) is 10.2. The monoisotopic (exact) mass is 292 g/mol. The van der Waals surface area contributed by atoms with Crippen molar-refractivity contribution in [2.75, 3.05) is 0 Å². The van der Waals surface area contributed by atoms with E-state index in [2.05, 4.69) is 19.1 Å². The summed E-state index contributed by atoms with van der Waals surface area (Å²) in [5, 5.41) is 3.52. The Morgan fingerprint density at radius 3 is 2.41 bits per heavy atom. The standard InChI is InChI=1S/C19H16O3/c1-3-11-6-5-7-14-13(11)8-9-15-17(14)22-19(20)16-12(4-2)10-21-18(15)16/h5-10H,3-4H2,1-2H3. The molecule has 2 aromatic carbocycles. The second-order valence-corrected chi connectivity index (χ2v) is 5.52. The maximum Gasteiger partial charge on any atom is 0.347 e. The molecule has 0 aliphatic rings. The van der Waals surface area contributed by atoms with Crippen LogP contribution in [0.4, 0.5) is 0 Å². The molecule has 0 saturated heterocycles. The van der Waals surface area contributed by atoms with Gasteiger partial charge in [0.05, 0.1) is 11.6 Å². The molecule has 0 bridgehead atoms. The maximum absolute atomic E-state index is 12.4. The minimum Gasteiger partial charge on any atom is -0.463 e. The Labute approximate surface area is 127 Å². The summed E-state index contributed by atoms with van der Waals surface area (Å²) < 4.78 is 11.4. The predicted octanol–water partition coefficient (Wildman–Crippen LogP) is 4.82. The zero-order valence-corrected chi connectivity index (χ0v) is 12.6. The Morgan fingerprint density at radius 1 is 0.864 bits per heavy atom. The highest BCUT2D eigenvalue weighted by Crippen LogP contribution is 2.32. The summed E-state index contributed by atoms with van der Waals surface area (Å²) >= 11 is 0. The average Bonchev–Trinajstić information content (AvgIpc) is 2.99. The highest BCUT2D eigenvalue weighted by Gasteiger charge is 2.16. The molecule has 0 amide bonds. The van der Waals surface area contributed by atoms with Gasteiger partial charge in [-0.3, -0.25) is 0 Å². The second-order valence-electron chi connectivity index (χ2n) is 5.52. The first-order chi connectivity index (χ1) is 10.7. The Hall–Kier alpha value is -2.55. The van der Waals surface area contributed by atoms with Crippen molar-refractivity contribution in [3.63, 3.8) is 0 Å². The van der Waals surface area contributed by atoms with E-state index in [-0.39, 0.29) is 5.63 Å². The van der Waals surface area contributed by atoms with E-state index in [4.69, 9.17) is 8.83 Å². The number of rotatable bonds is 2. The molecule has 0 radical (unpaired) electrons. The van der Waals surface area contributed by atoms with E-state index in [0.717, 1.165) is 34.6 Å². The van der Waals surface area contributed by atoms with Crippen molar-refractivity contribution in [1.82, 2.24) is 0 Å². The molecule has 4 rings (SSSR count). The first-order valence-electron chi connectivity index (χ1n) is 7.62. The molecular formula is C19H16O3. The van der Waals surface area contributed by atoms with Crippen LogP contribution in [0.1, 0.15) is 25.0 Å². The van der Waals surface area contributed by atoms with Gasteiger partial charge < -0.3 is 8.83 Å². The van der Waals surface area contributed by atoms with Crippen LogP contribution in [0.25, 0.3) is 32.7 Å². The SMILES string of the molecule is CCc1cccc2c1ccc1c3occ(CC)c3c(=O)oc21. The van der Waals surface area contributed by atoms with Crippen LogP contribution in [0.5, 0.6) is 0 Å². The lowest BCUT2D eigenvalue weighted by Crippen LogP contribution is -2.00. The van der Waals surface area contributed by atoms with Crippen molar-refractivity contribution in [2.24, 2.45) is 0 Å². The Balaban J connectivity index is 2.25. The normalized spacial score (nSPS) is 11.7. The van der Waals surface area contributed by atoms with Crippen molar-refractivity contribution in [2.45, 2.75) is 26.7 Å². The van der Waals surface area contributed by atoms with E-state index in [1.165, 1.54) is 5.56 Å². The number of hydrogen-bond acceptors (Lipinski definition) is 3. The minimum absolute atomic E-state index is 0.317. The molecule has 110 valence electrons. The maximum atomic E-state index is 12.4. The van der Waals surface area contributed by atoms with Gasteiger partial charge in [0.15, 0.2) is 5.58 Å². The van der Waals surface area contributed by atoms with Crippen LogP contribution in [0.2, 0.25) is 0 Å². The van der Waals surface area contributed by atoms with Gasteiger partial charge in [0.2, 0.25) is 0 Å². The first kappa shape index (κ1) is 13.1. The minimum atomic E-state index is -0.317. The lowest BCUT2D eigenvalue weighted by atomic mass is 10.00. The number of benzene rings is 2. The molecule has 2 aromatic heterocycles. The van der Waals surface area contributed by atoms with Crippen LogP contribution in [0, 0.1) is 0 Å². The highest BCUT2D eigenvalue weighted by atomic mass is 16.4. The predicted molar refractivity (Wildman–Crippen MR) is 88.5 cm³/mol. The molecule has 3 nitrogen and oxygen atoms in total. The molecule has 0 aliphatic heterocycles. The molecule has 0 fully saturated rings. The molecule has 0 unspecified atom stereocenters. The summed E-state index contributed by atoms with van der Waals surface area (Å²) in [6.07, 6.45) is 3.35. The summed E-state index contributed by atoms with van der Waals surface area (Å²) in [7, 11) is 0. The van der Waals surface area contributed by atoms with Gasteiger partial charge in [0, 0.05) is 10.9 Å². The summed E-state index contributed by atoms with van der Waals surface area (Å²) in [6.45, 7) is 4.13. The summed E-state index contributed by atoms with van der Waals surface area (Å²) in [5.41, 5.74) is 3.07. The average molecular weight is 292 g/mol. The topological polar surface area (TPSA) is 43.4 Å². The van der Waals surface area contributed by atoms with Gasteiger partial charge in [0.25, 0.3) is 0 Å². The molecule has 0 atom stereocenters. The van der Waals surface area contributed by atoms with Gasteiger partial charge in [-0.1, -0.05) is 38.1 Å². The summed E-state index contributed by atoms with van der Waals surface area (Å²) in [5.74, 6) is 0. The van der Waals surface area contributed by atoms with Gasteiger partial charge in [-0.05, 0) is 29.9 Å². The Bertz CT molecular complexity index is 1070. The largest absolute Gasteiger partial charge is 0.463 e. The van der Waals surface area contributed by atoms with E-state index in [9.17, 15) is 4.79 Å². The van der Waals surface area contributed by atoms with Crippen LogP contribution in [-0.2, 0) is 12.8 Å². The molecule has 0 saturated carbocycles. The molecule has 3 heteroatoms. The van der Waals surface area contributed by atoms with Gasteiger partial charge in [-0.15, -0.1) is 0 Å². The highest BCUT2D eigenvalue weighted by molar-refractivity contribution is 6.13. The van der Waals surface area contributed by atoms with Crippen molar-refractivity contribution < 1.29 is 8.83 Å². The molecule has 22 heavy (non-hydrogen) atoms. The molecular weight excluding hydrogens is 276 g/mol. The van der Waals surface area contributed by atoms with Crippen molar-refractivity contribution in [1.29, 1.82) is 0 Å². The smallest absolute Gasteiger partial charge is 0.347 e. The molecule has 0 N–H and O–H groups in total. The van der Waals surface area contributed by atoms with Crippen LogP contribution in [0.3, 0.4) is 0 Å². The van der Waals surface area contributed by atoms with Crippen LogP contribution >= 0.6 is 0 Å². The van der Waals surface area contributed by atoms with Crippen LogP contribution < -0.4 is 5.63 Å². The third kappa shape index (κ3) is 1.65. The lowest BCUT2D eigenvalue weighted by molar-refractivity contribution is 0.567. The third-order valence-corrected chi connectivity index (χ3v) is 4.37. The first-order valence-corrected chi connectivity index (χ1v) is 7.62. The van der Waals surface area contributed by atoms with Gasteiger partial charge in [-0.2, -0.15) is 0 Å². The Kier molecular flexibility index (Phi) is 2.83. The van der Waals surface area contributed by atoms with E-state index < -0.39 is 0 Å². The second kappa shape index (κ2) is 4.73. The number of hydrogen-bond donors (Lipinski definition) is 0. The van der Waals surface area contributed by atoms with E-state index >= 15 is 0 Å². The fourth-order valence-corrected chi connectivity index (χ4v) is 3.21. The van der Waals surface area contributed by atoms with Crippen LogP contribution in [-0.4, -0.2) is 0 Å². The molecule has 2 heterocycles. The third-order valence-electron chi connectivity index (χ3n) is 4.37.